The molecule has 0 spiro atoms. The van der Waals surface area contributed by atoms with Gasteiger partial charge in [-0.3, -0.25) is 9.59 Å². The number of carbonyl (C=O) groups excluding carboxylic acids is 4. The second-order valence-electron chi connectivity index (χ2n) is 7.51. The zero-order valence-corrected chi connectivity index (χ0v) is 21.8. The van der Waals surface area contributed by atoms with E-state index < -0.39 is 50.1 Å². The average Bonchev–Trinajstić information content (AvgIpc) is 2.81. The molecular formula is C23H36O10Si. The number of aliphatic hydroxyl groups is 1. The molecule has 0 radical (unpaired) electrons. The van der Waals surface area contributed by atoms with Gasteiger partial charge in [-0.05, 0) is 32.1 Å². The van der Waals surface area contributed by atoms with E-state index in [0.717, 1.165) is 12.2 Å². The lowest BCUT2D eigenvalue weighted by molar-refractivity contribution is -0.161. The van der Waals surface area contributed by atoms with Crippen molar-refractivity contribution in [2.24, 2.45) is 11.8 Å². The van der Waals surface area contributed by atoms with E-state index >= 15 is 0 Å². The number of hydrogen-bond acceptors (Lipinski definition) is 10. The average molecular weight is 501 g/mol. The standard InChI is InChI=1S/C10H14O5.C7H14OSi.C6H8O4/c1-14-9(12)6-4-3-5-7(11)8(6)10(13)15-2;1-5-6-7-8-9(2,3)4;1-9-5(7)3-4-6(8)10-2/h3,5-8,11H,4H2,1-2H3;5-7H,1H2,2-4H3;3-4H,1-2H3/b;7-6+;4-3+/t6-,7?,8+;;/m0../s1. The molecule has 0 saturated carbocycles. The third kappa shape index (κ3) is 15.6. The first-order valence-electron chi connectivity index (χ1n) is 10.2. The molecule has 3 atom stereocenters. The second kappa shape index (κ2) is 18.3. The Morgan fingerprint density at radius 1 is 0.912 bits per heavy atom. The molecule has 0 aliphatic heterocycles. The van der Waals surface area contributed by atoms with Gasteiger partial charge in [-0.25, -0.2) is 9.59 Å². The maximum Gasteiger partial charge on any atom is 0.330 e. The maximum atomic E-state index is 11.4. The Balaban J connectivity index is 0. The summed E-state index contributed by atoms with van der Waals surface area (Å²) < 4.78 is 22.9. The van der Waals surface area contributed by atoms with Crippen molar-refractivity contribution in [3.8, 4) is 0 Å². The van der Waals surface area contributed by atoms with E-state index in [1.54, 1.807) is 24.5 Å². The molecule has 10 nitrogen and oxygen atoms in total. The fourth-order valence-corrected chi connectivity index (χ4v) is 2.76. The lowest BCUT2D eigenvalue weighted by Gasteiger charge is -2.27. The zero-order valence-electron chi connectivity index (χ0n) is 20.8. The van der Waals surface area contributed by atoms with E-state index in [0.29, 0.717) is 6.42 Å². The quantitative estimate of drug-likeness (QED) is 0.105. The van der Waals surface area contributed by atoms with E-state index in [4.69, 9.17) is 4.43 Å². The van der Waals surface area contributed by atoms with E-state index in [1.165, 1.54) is 34.5 Å². The summed E-state index contributed by atoms with van der Waals surface area (Å²) in [5.74, 6) is -3.79. The largest absolute Gasteiger partial charge is 0.550 e. The minimum atomic E-state index is -1.33. The van der Waals surface area contributed by atoms with Crippen LogP contribution >= 0.6 is 0 Å². The van der Waals surface area contributed by atoms with Crippen LogP contribution in [0.1, 0.15) is 6.42 Å². The van der Waals surface area contributed by atoms with Gasteiger partial charge in [0.05, 0.1) is 52.6 Å². The van der Waals surface area contributed by atoms with Gasteiger partial charge in [0.15, 0.2) is 0 Å². The topological polar surface area (TPSA) is 135 Å². The van der Waals surface area contributed by atoms with Crippen molar-refractivity contribution in [3.63, 3.8) is 0 Å². The van der Waals surface area contributed by atoms with Crippen molar-refractivity contribution in [2.75, 3.05) is 28.4 Å². The Labute approximate surface area is 202 Å². The number of carbonyl (C=O) groups is 4. The minimum Gasteiger partial charge on any atom is -0.550 e. The van der Waals surface area contributed by atoms with Crippen LogP contribution in [0.5, 0.6) is 0 Å². The Bertz CT molecular complexity index is 731. The first-order valence-corrected chi connectivity index (χ1v) is 13.6. The van der Waals surface area contributed by atoms with Gasteiger partial charge in [0, 0.05) is 12.2 Å². The molecule has 1 rings (SSSR count). The molecule has 0 amide bonds. The lowest BCUT2D eigenvalue weighted by atomic mass is 9.81. The first kappa shape index (κ1) is 33.0. The summed E-state index contributed by atoms with van der Waals surface area (Å²) in [6, 6.07) is 0. The molecule has 1 N–H and O–H groups in total. The summed E-state index contributed by atoms with van der Waals surface area (Å²) in [6.45, 7) is 9.95. The third-order valence-corrected chi connectivity index (χ3v) is 4.74. The summed E-state index contributed by atoms with van der Waals surface area (Å²) >= 11 is 0. The first-order chi connectivity index (χ1) is 15.9. The van der Waals surface area contributed by atoms with E-state index in [-0.39, 0.29) is 0 Å². The summed E-state index contributed by atoms with van der Waals surface area (Å²) in [5.41, 5.74) is 0. The smallest absolute Gasteiger partial charge is 0.330 e. The number of methoxy groups -OCH3 is 4. The minimum absolute atomic E-state index is 0.378. The van der Waals surface area contributed by atoms with Crippen molar-refractivity contribution in [3.05, 3.63) is 49.3 Å². The van der Waals surface area contributed by atoms with E-state index in [1.807, 2.05) is 0 Å². The molecule has 1 aliphatic carbocycles. The van der Waals surface area contributed by atoms with E-state index in [2.05, 4.69) is 45.2 Å². The molecule has 0 aromatic rings. The Kier molecular flexibility index (Phi) is 17.7. The van der Waals surface area contributed by atoms with Gasteiger partial charge in [-0.15, -0.1) is 0 Å². The molecule has 1 aliphatic rings. The van der Waals surface area contributed by atoms with Gasteiger partial charge >= 0.3 is 23.9 Å². The number of ether oxygens (including phenoxy) is 4. The van der Waals surface area contributed by atoms with Gasteiger partial charge in [-0.1, -0.05) is 24.8 Å². The molecule has 0 aromatic carbocycles. The molecule has 0 saturated heterocycles. The summed E-state index contributed by atoms with van der Waals surface area (Å²) in [7, 11) is 3.60. The van der Waals surface area contributed by atoms with Gasteiger partial charge < -0.3 is 28.5 Å². The lowest BCUT2D eigenvalue weighted by Crippen LogP contribution is -2.40. The van der Waals surface area contributed by atoms with Crippen molar-refractivity contribution in [1.29, 1.82) is 0 Å². The van der Waals surface area contributed by atoms with Crippen LogP contribution in [0.2, 0.25) is 19.6 Å². The van der Waals surface area contributed by atoms with Crippen molar-refractivity contribution in [1.82, 2.24) is 0 Å². The fourth-order valence-electron chi connectivity index (χ4n) is 2.27. The molecule has 11 heteroatoms. The molecule has 0 aromatic heterocycles. The third-order valence-electron chi connectivity index (χ3n) is 3.90. The number of hydrogen-bond donors (Lipinski definition) is 1. The molecule has 0 bridgehead atoms. The van der Waals surface area contributed by atoms with Crippen molar-refractivity contribution >= 4 is 32.2 Å². The summed E-state index contributed by atoms with van der Waals surface area (Å²) in [6.07, 6.45) is 9.74. The van der Waals surface area contributed by atoms with E-state index in [9.17, 15) is 24.3 Å². The van der Waals surface area contributed by atoms with Gasteiger partial charge in [-0.2, -0.15) is 0 Å². The van der Waals surface area contributed by atoms with Crippen LogP contribution in [-0.4, -0.2) is 71.8 Å². The number of rotatable bonds is 7. The highest BCUT2D eigenvalue weighted by molar-refractivity contribution is 6.69. The molecular weight excluding hydrogens is 464 g/mol. The van der Waals surface area contributed by atoms with Crippen LogP contribution in [-0.2, 0) is 42.6 Å². The number of esters is 4. The summed E-state index contributed by atoms with van der Waals surface area (Å²) in [5, 5.41) is 9.59. The van der Waals surface area contributed by atoms with Crippen LogP contribution in [0.25, 0.3) is 0 Å². The normalized spacial score (nSPS) is 19.0. The van der Waals surface area contributed by atoms with Crippen LogP contribution < -0.4 is 0 Å². The highest BCUT2D eigenvalue weighted by atomic mass is 28.4. The summed E-state index contributed by atoms with van der Waals surface area (Å²) in [4.78, 5) is 43.4. The maximum absolute atomic E-state index is 11.4. The number of allylic oxidation sites excluding steroid dienone is 3. The van der Waals surface area contributed by atoms with Gasteiger partial charge in [0.1, 0.15) is 0 Å². The molecule has 0 fully saturated rings. The predicted molar refractivity (Wildman–Crippen MR) is 128 cm³/mol. The predicted octanol–water partition coefficient (Wildman–Crippen LogP) is 2.31. The molecule has 34 heavy (non-hydrogen) atoms. The molecule has 0 heterocycles. The molecule has 1 unspecified atom stereocenters. The Morgan fingerprint density at radius 3 is 1.79 bits per heavy atom. The van der Waals surface area contributed by atoms with Gasteiger partial charge in [0.2, 0.25) is 8.32 Å². The SMILES string of the molecule is C=C/C=C/O[Si](C)(C)C.COC(=O)/C=C/C(=O)OC.COC(=O)[C@H]1CC=CC(O)[C@@H]1C(=O)OC. The Hall–Kier alpha value is -3.18. The Morgan fingerprint density at radius 2 is 1.41 bits per heavy atom. The highest BCUT2D eigenvalue weighted by Gasteiger charge is 2.40. The van der Waals surface area contributed by atoms with Crippen LogP contribution in [0, 0.1) is 11.8 Å². The molecule has 192 valence electrons. The van der Waals surface area contributed by atoms with Crippen molar-refractivity contribution < 1.29 is 47.7 Å². The van der Waals surface area contributed by atoms with Crippen molar-refractivity contribution in [2.45, 2.75) is 32.2 Å². The second-order valence-corrected chi connectivity index (χ2v) is 12.0. The highest BCUT2D eigenvalue weighted by Crippen LogP contribution is 2.28. The number of aliphatic hydroxyl groups excluding tert-OH is 1. The zero-order chi connectivity index (χ0) is 26.7. The fraction of sp³-hybridized carbons (Fsp3) is 0.478. The van der Waals surface area contributed by atoms with Crippen LogP contribution in [0.3, 0.4) is 0 Å². The van der Waals surface area contributed by atoms with Crippen LogP contribution in [0.4, 0.5) is 0 Å². The van der Waals surface area contributed by atoms with Gasteiger partial charge in [0.25, 0.3) is 0 Å². The monoisotopic (exact) mass is 500 g/mol. The van der Waals surface area contributed by atoms with Crippen LogP contribution in [0.15, 0.2) is 49.3 Å².